The summed E-state index contributed by atoms with van der Waals surface area (Å²) in [7, 11) is 0. The Morgan fingerprint density at radius 1 is 1.23 bits per heavy atom. The molecular formula is C14H9BrF2O4S. The number of rotatable bonds is 6. The Morgan fingerprint density at radius 3 is 2.64 bits per heavy atom. The van der Waals surface area contributed by atoms with Crippen molar-refractivity contribution in [2.24, 2.45) is 0 Å². The molecule has 0 aliphatic carbocycles. The first kappa shape index (κ1) is 16.6. The van der Waals surface area contributed by atoms with E-state index in [2.05, 4.69) is 20.7 Å². The summed E-state index contributed by atoms with van der Waals surface area (Å²) in [6.07, 6.45) is 0. The molecule has 22 heavy (non-hydrogen) atoms. The second-order valence-corrected chi connectivity index (χ2v) is 6.47. The van der Waals surface area contributed by atoms with Crippen molar-refractivity contribution in [1.82, 2.24) is 0 Å². The van der Waals surface area contributed by atoms with Crippen molar-refractivity contribution in [3.8, 4) is 5.75 Å². The number of ether oxygens (including phenoxy) is 2. The van der Waals surface area contributed by atoms with Gasteiger partial charge >= 0.3 is 12.6 Å². The molecule has 0 saturated heterocycles. The number of halogens is 3. The normalized spacial score (nSPS) is 10.5. The van der Waals surface area contributed by atoms with Crippen molar-refractivity contribution in [3.05, 3.63) is 50.6 Å². The van der Waals surface area contributed by atoms with Gasteiger partial charge in [0.2, 0.25) is 5.78 Å². The molecule has 4 nitrogen and oxygen atoms in total. The van der Waals surface area contributed by atoms with E-state index in [4.69, 9.17) is 4.74 Å². The van der Waals surface area contributed by atoms with Gasteiger partial charge in [0, 0.05) is 0 Å². The van der Waals surface area contributed by atoms with Crippen LogP contribution >= 0.6 is 27.3 Å². The van der Waals surface area contributed by atoms with Gasteiger partial charge in [0.05, 0.1) is 14.2 Å². The fraction of sp³-hybridized carbons (Fsp3) is 0.143. The number of thiophene rings is 1. The van der Waals surface area contributed by atoms with Gasteiger partial charge in [-0.3, -0.25) is 4.79 Å². The molecule has 0 atom stereocenters. The highest BCUT2D eigenvalue weighted by molar-refractivity contribution is 9.11. The van der Waals surface area contributed by atoms with Gasteiger partial charge in [-0.05, 0) is 46.3 Å². The Morgan fingerprint density at radius 2 is 2.00 bits per heavy atom. The van der Waals surface area contributed by atoms with Crippen molar-refractivity contribution < 1.29 is 27.8 Å². The number of carbonyl (C=O) groups is 2. The minimum absolute atomic E-state index is 0.0262. The number of Topliss-reactive ketones (excluding diaryl/α,β-unsaturated/α-hetero) is 1. The maximum Gasteiger partial charge on any atom is 0.387 e. The standard InChI is InChI=1S/C14H9BrF2O4S/c15-12-5-4-11(22-12)10(18)7-20-13(19)8-2-1-3-9(6-8)21-14(16)17/h1-6,14H,7H2. The van der Waals surface area contributed by atoms with Crippen LogP contribution in [0.2, 0.25) is 0 Å². The summed E-state index contributed by atoms with van der Waals surface area (Å²) in [6.45, 7) is -3.41. The molecule has 2 aromatic rings. The van der Waals surface area contributed by atoms with Crippen LogP contribution in [0.15, 0.2) is 40.2 Å². The fourth-order valence-corrected chi connectivity index (χ4v) is 2.86. The Hall–Kier alpha value is -1.80. The maximum atomic E-state index is 12.1. The van der Waals surface area contributed by atoms with Gasteiger partial charge < -0.3 is 9.47 Å². The number of esters is 1. The van der Waals surface area contributed by atoms with Gasteiger partial charge in [-0.1, -0.05) is 6.07 Å². The fourth-order valence-electron chi connectivity index (χ4n) is 1.55. The molecule has 0 unspecified atom stereocenters. The Bertz CT molecular complexity index is 687. The van der Waals surface area contributed by atoms with Gasteiger partial charge in [0.1, 0.15) is 5.75 Å². The quantitative estimate of drug-likeness (QED) is 0.549. The SMILES string of the molecule is O=C(OCC(=O)c1ccc(Br)s1)c1cccc(OC(F)F)c1. The first-order valence-corrected chi connectivity index (χ1v) is 7.57. The zero-order valence-corrected chi connectivity index (χ0v) is 13.3. The second kappa shape index (κ2) is 7.46. The zero-order valence-electron chi connectivity index (χ0n) is 10.9. The molecule has 0 spiro atoms. The second-order valence-electron chi connectivity index (χ2n) is 4.01. The lowest BCUT2D eigenvalue weighted by Crippen LogP contribution is -2.13. The summed E-state index contributed by atoms with van der Waals surface area (Å²) < 4.78 is 34.1. The van der Waals surface area contributed by atoms with Gasteiger partial charge in [-0.15, -0.1) is 11.3 Å². The summed E-state index contributed by atoms with van der Waals surface area (Å²) in [6, 6.07) is 8.50. The molecule has 0 aliphatic rings. The van der Waals surface area contributed by atoms with Crippen LogP contribution in [0.5, 0.6) is 5.75 Å². The third-order valence-electron chi connectivity index (χ3n) is 2.48. The van der Waals surface area contributed by atoms with E-state index in [-0.39, 0.29) is 17.1 Å². The van der Waals surface area contributed by atoms with Crippen molar-refractivity contribution in [2.75, 3.05) is 6.61 Å². The average Bonchev–Trinajstić information content (AvgIpc) is 2.90. The van der Waals surface area contributed by atoms with Gasteiger partial charge in [0.15, 0.2) is 6.61 Å². The monoisotopic (exact) mass is 390 g/mol. The number of ketones is 1. The molecule has 0 radical (unpaired) electrons. The third-order valence-corrected chi connectivity index (χ3v) is 4.14. The highest BCUT2D eigenvalue weighted by atomic mass is 79.9. The lowest BCUT2D eigenvalue weighted by molar-refractivity contribution is -0.0499. The number of hydrogen-bond donors (Lipinski definition) is 0. The zero-order chi connectivity index (χ0) is 16.1. The molecular weight excluding hydrogens is 382 g/mol. The average molecular weight is 391 g/mol. The van der Waals surface area contributed by atoms with E-state index >= 15 is 0 Å². The van der Waals surface area contributed by atoms with E-state index in [1.807, 2.05) is 0 Å². The summed E-state index contributed by atoms with van der Waals surface area (Å²) in [4.78, 5) is 24.0. The van der Waals surface area contributed by atoms with Crippen LogP contribution in [0.3, 0.4) is 0 Å². The van der Waals surface area contributed by atoms with Crippen molar-refractivity contribution in [2.45, 2.75) is 6.61 Å². The Labute approximate surface area is 136 Å². The van der Waals surface area contributed by atoms with E-state index < -0.39 is 19.2 Å². The molecule has 0 amide bonds. The molecule has 1 aromatic carbocycles. The van der Waals surface area contributed by atoms with E-state index in [9.17, 15) is 18.4 Å². The van der Waals surface area contributed by atoms with E-state index in [1.165, 1.54) is 29.5 Å². The van der Waals surface area contributed by atoms with Crippen LogP contribution in [-0.4, -0.2) is 25.0 Å². The predicted molar refractivity (Wildman–Crippen MR) is 79.7 cm³/mol. The van der Waals surface area contributed by atoms with Gasteiger partial charge in [-0.25, -0.2) is 4.79 Å². The first-order valence-electron chi connectivity index (χ1n) is 5.96. The highest BCUT2D eigenvalue weighted by Crippen LogP contribution is 2.22. The highest BCUT2D eigenvalue weighted by Gasteiger charge is 2.14. The lowest BCUT2D eigenvalue weighted by atomic mass is 10.2. The molecule has 1 heterocycles. The van der Waals surface area contributed by atoms with Crippen molar-refractivity contribution in [3.63, 3.8) is 0 Å². The van der Waals surface area contributed by atoms with Crippen LogP contribution in [0, 0.1) is 0 Å². The topological polar surface area (TPSA) is 52.6 Å². The molecule has 8 heteroatoms. The Kier molecular flexibility index (Phi) is 5.62. The lowest BCUT2D eigenvalue weighted by Gasteiger charge is -2.07. The molecule has 0 aliphatic heterocycles. The molecule has 1 aromatic heterocycles. The summed E-state index contributed by atoms with van der Waals surface area (Å²) in [5.74, 6) is -1.29. The number of alkyl halides is 2. The first-order chi connectivity index (χ1) is 10.5. The van der Waals surface area contributed by atoms with Gasteiger partial charge in [-0.2, -0.15) is 8.78 Å². The molecule has 2 rings (SSSR count). The largest absolute Gasteiger partial charge is 0.454 e. The minimum atomic E-state index is -2.98. The number of benzene rings is 1. The van der Waals surface area contributed by atoms with Crippen LogP contribution < -0.4 is 4.74 Å². The van der Waals surface area contributed by atoms with Crippen molar-refractivity contribution in [1.29, 1.82) is 0 Å². The molecule has 116 valence electrons. The maximum absolute atomic E-state index is 12.1. The minimum Gasteiger partial charge on any atom is -0.454 e. The smallest absolute Gasteiger partial charge is 0.387 e. The van der Waals surface area contributed by atoms with E-state index in [0.29, 0.717) is 4.88 Å². The number of carbonyl (C=O) groups excluding carboxylic acids is 2. The molecule has 0 fully saturated rings. The predicted octanol–water partition coefficient (Wildman–Crippen LogP) is 4.15. The third kappa shape index (κ3) is 4.60. The molecule has 0 bridgehead atoms. The summed E-state index contributed by atoms with van der Waals surface area (Å²) >= 11 is 4.45. The van der Waals surface area contributed by atoms with E-state index in [1.54, 1.807) is 12.1 Å². The van der Waals surface area contributed by atoms with Gasteiger partial charge in [0.25, 0.3) is 0 Å². The molecule has 0 N–H and O–H groups in total. The Balaban J connectivity index is 1.96. The van der Waals surface area contributed by atoms with E-state index in [0.717, 1.165) is 9.85 Å². The van der Waals surface area contributed by atoms with Crippen LogP contribution in [0.25, 0.3) is 0 Å². The summed E-state index contributed by atoms with van der Waals surface area (Å²) in [5.41, 5.74) is 0.0262. The summed E-state index contributed by atoms with van der Waals surface area (Å²) in [5, 5.41) is 0. The molecule has 0 saturated carbocycles. The van der Waals surface area contributed by atoms with Crippen LogP contribution in [0.1, 0.15) is 20.0 Å². The number of hydrogen-bond acceptors (Lipinski definition) is 5. The van der Waals surface area contributed by atoms with Crippen LogP contribution in [0.4, 0.5) is 8.78 Å². The van der Waals surface area contributed by atoms with Crippen LogP contribution in [-0.2, 0) is 4.74 Å². The van der Waals surface area contributed by atoms with Crippen molar-refractivity contribution >= 4 is 39.0 Å².